The number of hydrogen-bond acceptors (Lipinski definition) is 6. The number of non-ortho nitro benzene ring substituents is 1. The molecule has 0 saturated carbocycles. The number of aromatic nitrogens is 2. The van der Waals surface area contributed by atoms with E-state index < -0.39 is 16.6 Å². The van der Waals surface area contributed by atoms with Crippen molar-refractivity contribution in [2.24, 2.45) is 0 Å². The molecule has 0 aliphatic heterocycles. The molecular weight excluding hydrogens is 431 g/mol. The number of amides is 1. The van der Waals surface area contributed by atoms with E-state index in [4.69, 9.17) is 11.6 Å². The summed E-state index contributed by atoms with van der Waals surface area (Å²) in [5, 5.41) is 11.4. The SMILES string of the molecule is O=C(c1ccc(F)cc1Cl)N(Cc1ccccn1)c1nc2ccc([N+](=O)[O-])cc2s1. The van der Waals surface area contributed by atoms with Gasteiger partial charge in [0.1, 0.15) is 5.82 Å². The number of rotatable bonds is 5. The highest BCUT2D eigenvalue weighted by Gasteiger charge is 2.24. The number of fused-ring (bicyclic) bond motifs is 1. The highest BCUT2D eigenvalue weighted by atomic mass is 35.5. The first-order chi connectivity index (χ1) is 14.4. The van der Waals surface area contributed by atoms with Gasteiger partial charge in [0, 0.05) is 18.3 Å². The van der Waals surface area contributed by atoms with Crippen molar-refractivity contribution < 1.29 is 14.1 Å². The van der Waals surface area contributed by atoms with Gasteiger partial charge in [-0.15, -0.1) is 0 Å². The van der Waals surface area contributed by atoms with Gasteiger partial charge < -0.3 is 0 Å². The van der Waals surface area contributed by atoms with Crippen LogP contribution in [0.2, 0.25) is 5.02 Å². The van der Waals surface area contributed by atoms with Crippen molar-refractivity contribution in [3.05, 3.63) is 93.0 Å². The summed E-state index contributed by atoms with van der Waals surface area (Å²) < 4.78 is 14.0. The smallest absolute Gasteiger partial charge is 0.270 e. The van der Waals surface area contributed by atoms with E-state index in [-0.39, 0.29) is 22.8 Å². The number of thiazole rings is 1. The van der Waals surface area contributed by atoms with Crippen LogP contribution in [0.5, 0.6) is 0 Å². The second-order valence-corrected chi connectivity index (χ2v) is 7.66. The van der Waals surface area contributed by atoms with Gasteiger partial charge in [-0.2, -0.15) is 0 Å². The maximum Gasteiger partial charge on any atom is 0.270 e. The number of nitrogens with zero attached hydrogens (tertiary/aromatic N) is 4. The fraction of sp³-hybridized carbons (Fsp3) is 0.0500. The van der Waals surface area contributed by atoms with E-state index >= 15 is 0 Å². The Hall–Kier alpha value is -3.43. The average Bonchev–Trinajstić information content (AvgIpc) is 3.15. The van der Waals surface area contributed by atoms with E-state index in [2.05, 4.69) is 9.97 Å². The van der Waals surface area contributed by atoms with Crippen molar-refractivity contribution in [3.8, 4) is 0 Å². The van der Waals surface area contributed by atoms with Gasteiger partial charge >= 0.3 is 0 Å². The highest BCUT2D eigenvalue weighted by molar-refractivity contribution is 7.22. The van der Waals surface area contributed by atoms with Crippen molar-refractivity contribution in [2.75, 3.05) is 4.90 Å². The van der Waals surface area contributed by atoms with Crippen LogP contribution in [0.1, 0.15) is 16.1 Å². The summed E-state index contributed by atoms with van der Waals surface area (Å²) in [6.07, 6.45) is 1.60. The minimum absolute atomic E-state index is 0.0252. The summed E-state index contributed by atoms with van der Waals surface area (Å²) in [7, 11) is 0. The second kappa shape index (κ2) is 8.13. The Kier molecular flexibility index (Phi) is 5.39. The lowest BCUT2D eigenvalue weighted by molar-refractivity contribution is -0.384. The summed E-state index contributed by atoms with van der Waals surface area (Å²) in [5.74, 6) is -1.04. The third-order valence-electron chi connectivity index (χ3n) is 4.26. The number of nitro groups is 1. The summed E-state index contributed by atoms with van der Waals surface area (Å²) in [5.41, 5.74) is 1.17. The summed E-state index contributed by atoms with van der Waals surface area (Å²) in [6, 6.07) is 13.1. The lowest BCUT2D eigenvalue weighted by Gasteiger charge is -2.20. The number of pyridine rings is 1. The molecule has 150 valence electrons. The molecule has 0 unspecified atom stereocenters. The Morgan fingerprint density at radius 2 is 2.03 bits per heavy atom. The number of hydrogen-bond donors (Lipinski definition) is 0. The van der Waals surface area contributed by atoms with Crippen LogP contribution in [-0.2, 0) is 6.54 Å². The number of carbonyl (C=O) groups excluding carboxylic acids is 1. The zero-order valence-electron chi connectivity index (χ0n) is 15.2. The number of carbonyl (C=O) groups is 1. The normalized spacial score (nSPS) is 10.9. The molecule has 0 saturated heterocycles. The van der Waals surface area contributed by atoms with Crippen molar-refractivity contribution in [1.82, 2.24) is 9.97 Å². The molecule has 2 aromatic carbocycles. The predicted molar refractivity (Wildman–Crippen MR) is 112 cm³/mol. The average molecular weight is 443 g/mol. The van der Waals surface area contributed by atoms with E-state index in [1.807, 2.05) is 0 Å². The second-order valence-electron chi connectivity index (χ2n) is 6.24. The molecule has 0 N–H and O–H groups in total. The quantitative estimate of drug-likeness (QED) is 0.311. The maximum absolute atomic E-state index is 13.4. The number of anilines is 1. The molecule has 2 aromatic heterocycles. The van der Waals surface area contributed by atoms with E-state index in [0.29, 0.717) is 21.0 Å². The van der Waals surface area contributed by atoms with E-state index in [1.165, 1.54) is 29.2 Å². The Morgan fingerprint density at radius 3 is 2.73 bits per heavy atom. The molecule has 4 rings (SSSR count). The third kappa shape index (κ3) is 3.98. The Balaban J connectivity index is 1.79. The zero-order chi connectivity index (χ0) is 21.3. The molecule has 0 aliphatic carbocycles. The van der Waals surface area contributed by atoms with Crippen molar-refractivity contribution >= 4 is 49.9 Å². The number of halogens is 2. The standard InChI is InChI=1S/C20H12ClFN4O3S/c21-16-9-12(22)4-6-15(16)19(27)25(11-13-3-1-2-8-23-13)20-24-17-7-5-14(26(28)29)10-18(17)30-20/h1-10H,11H2. The molecule has 30 heavy (non-hydrogen) atoms. The van der Waals surface area contributed by atoms with Gasteiger partial charge in [0.15, 0.2) is 5.13 Å². The topological polar surface area (TPSA) is 89.2 Å². The first-order valence-electron chi connectivity index (χ1n) is 8.64. The van der Waals surface area contributed by atoms with Gasteiger partial charge in [-0.3, -0.25) is 24.8 Å². The van der Waals surface area contributed by atoms with Crippen molar-refractivity contribution in [2.45, 2.75) is 6.54 Å². The maximum atomic E-state index is 13.4. The Labute approximate surface area is 178 Å². The molecule has 0 atom stereocenters. The van der Waals surface area contributed by atoms with Gasteiger partial charge in [-0.05, 0) is 36.4 Å². The minimum atomic E-state index is -0.555. The molecule has 0 bridgehead atoms. The van der Waals surface area contributed by atoms with Crippen LogP contribution in [0, 0.1) is 15.9 Å². The third-order valence-corrected chi connectivity index (χ3v) is 5.61. The van der Waals surface area contributed by atoms with Gasteiger partial charge in [0.2, 0.25) is 0 Å². The number of benzene rings is 2. The van der Waals surface area contributed by atoms with Crippen LogP contribution in [-0.4, -0.2) is 20.8 Å². The monoisotopic (exact) mass is 442 g/mol. The van der Waals surface area contributed by atoms with Crippen LogP contribution < -0.4 is 4.90 Å². The Morgan fingerprint density at radius 1 is 1.20 bits per heavy atom. The molecule has 0 fully saturated rings. The largest absolute Gasteiger partial charge is 0.278 e. The highest BCUT2D eigenvalue weighted by Crippen LogP contribution is 2.33. The lowest BCUT2D eigenvalue weighted by atomic mass is 10.2. The van der Waals surface area contributed by atoms with Crippen LogP contribution in [0.25, 0.3) is 10.2 Å². The molecular formula is C20H12ClFN4O3S. The first-order valence-corrected chi connectivity index (χ1v) is 9.83. The predicted octanol–water partition coefficient (Wildman–Crippen LogP) is 5.24. The lowest BCUT2D eigenvalue weighted by Crippen LogP contribution is -2.31. The molecule has 0 spiro atoms. The number of nitro benzene ring substituents is 1. The van der Waals surface area contributed by atoms with Crippen LogP contribution in [0.4, 0.5) is 15.2 Å². The van der Waals surface area contributed by atoms with Gasteiger partial charge in [0.05, 0.1) is 38.0 Å². The van der Waals surface area contributed by atoms with Crippen molar-refractivity contribution in [3.63, 3.8) is 0 Å². The molecule has 0 aliphatic rings. The van der Waals surface area contributed by atoms with Gasteiger partial charge in [-0.1, -0.05) is 29.0 Å². The molecule has 0 radical (unpaired) electrons. The van der Waals surface area contributed by atoms with Crippen molar-refractivity contribution in [1.29, 1.82) is 0 Å². The molecule has 1 amide bonds. The summed E-state index contributed by atoms with van der Waals surface area (Å²) in [4.78, 5) is 33.9. The first kappa shape index (κ1) is 19.9. The van der Waals surface area contributed by atoms with Gasteiger partial charge in [0.25, 0.3) is 11.6 Å². The zero-order valence-corrected chi connectivity index (χ0v) is 16.7. The molecule has 10 heteroatoms. The van der Waals surface area contributed by atoms with Gasteiger partial charge in [-0.25, -0.2) is 9.37 Å². The summed E-state index contributed by atoms with van der Waals surface area (Å²) >= 11 is 7.23. The van der Waals surface area contributed by atoms with E-state index in [9.17, 15) is 19.3 Å². The van der Waals surface area contributed by atoms with E-state index in [0.717, 1.165) is 23.5 Å². The fourth-order valence-electron chi connectivity index (χ4n) is 2.82. The Bertz CT molecular complexity index is 1270. The minimum Gasteiger partial charge on any atom is -0.278 e. The van der Waals surface area contributed by atoms with Crippen LogP contribution in [0.3, 0.4) is 0 Å². The molecule has 7 nitrogen and oxygen atoms in total. The molecule has 2 heterocycles. The van der Waals surface area contributed by atoms with Crippen LogP contribution in [0.15, 0.2) is 60.8 Å². The summed E-state index contributed by atoms with van der Waals surface area (Å²) in [6.45, 7) is 0.0926. The fourth-order valence-corrected chi connectivity index (χ4v) is 4.06. The van der Waals surface area contributed by atoms with Crippen LogP contribution >= 0.6 is 22.9 Å². The van der Waals surface area contributed by atoms with E-state index in [1.54, 1.807) is 24.4 Å². The molecule has 4 aromatic rings.